The Hall–Kier alpha value is -3.42. The number of halogens is 1. The first kappa shape index (κ1) is 23.7. The molecule has 3 aromatic carbocycles. The molecule has 6 nitrogen and oxygen atoms in total. The topological polar surface area (TPSA) is 64.7 Å². The third-order valence-corrected chi connectivity index (χ3v) is 6.06. The summed E-state index contributed by atoms with van der Waals surface area (Å²) < 4.78 is 0. The molecule has 2 amide bonds. The van der Waals surface area contributed by atoms with Gasteiger partial charge in [-0.1, -0.05) is 41.9 Å². The van der Waals surface area contributed by atoms with Gasteiger partial charge in [0.15, 0.2) is 5.11 Å². The van der Waals surface area contributed by atoms with Crippen LogP contribution >= 0.6 is 23.8 Å². The number of anilines is 2. The number of benzene rings is 3. The average molecular weight is 493 g/mol. The van der Waals surface area contributed by atoms with Crippen LogP contribution in [0.1, 0.15) is 15.9 Å². The molecular formula is C26H25ClN4O2S. The number of hydrogen-bond acceptors (Lipinski definition) is 4. The summed E-state index contributed by atoms with van der Waals surface area (Å²) in [6.45, 7) is 2.89. The van der Waals surface area contributed by atoms with Gasteiger partial charge in [0.1, 0.15) is 0 Å². The molecule has 8 heteroatoms. The number of rotatable bonds is 5. The molecule has 0 atom stereocenters. The minimum absolute atomic E-state index is 0.0754. The van der Waals surface area contributed by atoms with E-state index in [1.807, 2.05) is 71.6 Å². The zero-order chi connectivity index (χ0) is 23.9. The molecule has 4 rings (SSSR count). The fourth-order valence-corrected chi connectivity index (χ4v) is 4.17. The summed E-state index contributed by atoms with van der Waals surface area (Å²) in [6.07, 6.45) is 0.219. The molecule has 1 fully saturated rings. The second-order valence-corrected chi connectivity index (χ2v) is 8.84. The highest BCUT2D eigenvalue weighted by Gasteiger charge is 2.22. The van der Waals surface area contributed by atoms with Gasteiger partial charge in [-0.3, -0.25) is 9.59 Å². The largest absolute Gasteiger partial charge is 0.368 e. The molecule has 1 heterocycles. The van der Waals surface area contributed by atoms with E-state index in [9.17, 15) is 9.59 Å². The molecule has 34 heavy (non-hydrogen) atoms. The Labute approximate surface area is 209 Å². The Morgan fingerprint density at radius 3 is 2.15 bits per heavy atom. The van der Waals surface area contributed by atoms with Gasteiger partial charge in [-0.2, -0.15) is 0 Å². The molecule has 0 radical (unpaired) electrons. The maximum Gasteiger partial charge on any atom is 0.253 e. The lowest BCUT2D eigenvalue weighted by atomic mass is 10.1. The number of carbonyl (C=O) groups is 2. The van der Waals surface area contributed by atoms with Crippen molar-refractivity contribution in [2.45, 2.75) is 6.42 Å². The van der Waals surface area contributed by atoms with E-state index in [-0.39, 0.29) is 23.3 Å². The van der Waals surface area contributed by atoms with Crippen molar-refractivity contribution in [3.8, 4) is 0 Å². The molecule has 1 aliphatic rings. The van der Waals surface area contributed by atoms with Crippen molar-refractivity contribution in [2.75, 3.05) is 36.4 Å². The van der Waals surface area contributed by atoms with Crippen LogP contribution in [0.5, 0.6) is 0 Å². The molecule has 0 spiro atoms. The Kier molecular flexibility index (Phi) is 7.77. The summed E-state index contributed by atoms with van der Waals surface area (Å²) in [5, 5.41) is 6.63. The third-order valence-electron chi connectivity index (χ3n) is 5.61. The highest BCUT2D eigenvalue weighted by Crippen LogP contribution is 2.20. The molecule has 0 unspecified atom stereocenters. The van der Waals surface area contributed by atoms with Crippen molar-refractivity contribution >= 4 is 52.1 Å². The normalized spacial score (nSPS) is 13.3. The zero-order valence-corrected chi connectivity index (χ0v) is 20.1. The lowest BCUT2D eigenvalue weighted by Crippen LogP contribution is -2.48. The molecule has 0 aromatic heterocycles. The van der Waals surface area contributed by atoms with Gasteiger partial charge in [-0.15, -0.1) is 0 Å². The number of piperazine rings is 1. The minimum Gasteiger partial charge on any atom is -0.368 e. The summed E-state index contributed by atoms with van der Waals surface area (Å²) in [7, 11) is 0. The number of carbonyl (C=O) groups excluding carboxylic acids is 2. The van der Waals surface area contributed by atoms with Crippen LogP contribution in [0.4, 0.5) is 11.4 Å². The fourth-order valence-electron chi connectivity index (χ4n) is 3.81. The van der Waals surface area contributed by atoms with Gasteiger partial charge in [-0.05, 0) is 66.3 Å². The van der Waals surface area contributed by atoms with Crippen LogP contribution in [-0.2, 0) is 11.2 Å². The maximum atomic E-state index is 12.6. The fraction of sp³-hybridized carbons (Fsp3) is 0.192. The van der Waals surface area contributed by atoms with Crippen molar-refractivity contribution in [3.05, 3.63) is 95.0 Å². The van der Waals surface area contributed by atoms with Gasteiger partial charge < -0.3 is 20.4 Å². The monoisotopic (exact) mass is 492 g/mol. The van der Waals surface area contributed by atoms with Crippen molar-refractivity contribution < 1.29 is 9.59 Å². The smallest absolute Gasteiger partial charge is 0.253 e. The molecule has 174 valence electrons. The summed E-state index contributed by atoms with van der Waals surface area (Å²) in [4.78, 5) is 29.0. The lowest BCUT2D eigenvalue weighted by molar-refractivity contribution is -0.119. The number of hydrogen-bond donors (Lipinski definition) is 2. The van der Waals surface area contributed by atoms with Crippen molar-refractivity contribution in [1.82, 2.24) is 10.2 Å². The van der Waals surface area contributed by atoms with Gasteiger partial charge in [0.2, 0.25) is 5.91 Å². The van der Waals surface area contributed by atoms with E-state index in [0.717, 1.165) is 35.6 Å². The molecular weight excluding hydrogens is 468 g/mol. The van der Waals surface area contributed by atoms with E-state index < -0.39 is 0 Å². The van der Waals surface area contributed by atoms with Gasteiger partial charge in [0, 0.05) is 48.1 Å². The van der Waals surface area contributed by atoms with Gasteiger partial charge in [-0.25, -0.2) is 0 Å². The first-order chi connectivity index (χ1) is 16.5. The Morgan fingerprint density at radius 1 is 0.853 bits per heavy atom. The lowest BCUT2D eigenvalue weighted by Gasteiger charge is -2.36. The van der Waals surface area contributed by atoms with Crippen LogP contribution < -0.4 is 15.5 Å². The second-order valence-electron chi connectivity index (χ2n) is 8.00. The third kappa shape index (κ3) is 6.34. The highest BCUT2D eigenvalue weighted by molar-refractivity contribution is 7.80. The summed E-state index contributed by atoms with van der Waals surface area (Å²) in [5.41, 5.74) is 3.45. The molecule has 0 aliphatic carbocycles. The Balaban J connectivity index is 1.24. The Morgan fingerprint density at radius 2 is 1.50 bits per heavy atom. The predicted molar refractivity (Wildman–Crippen MR) is 141 cm³/mol. The first-order valence-electron chi connectivity index (χ1n) is 11.0. The van der Waals surface area contributed by atoms with Crippen LogP contribution in [0.2, 0.25) is 5.02 Å². The van der Waals surface area contributed by atoms with E-state index in [2.05, 4.69) is 15.5 Å². The second kappa shape index (κ2) is 11.1. The van der Waals surface area contributed by atoms with E-state index >= 15 is 0 Å². The summed E-state index contributed by atoms with van der Waals surface area (Å²) in [5.74, 6) is -0.120. The molecule has 2 N–H and O–H groups in total. The minimum atomic E-state index is -0.195. The highest BCUT2D eigenvalue weighted by atomic mass is 35.5. The van der Waals surface area contributed by atoms with E-state index in [4.69, 9.17) is 23.8 Å². The zero-order valence-electron chi connectivity index (χ0n) is 18.5. The number of amides is 2. The molecule has 0 bridgehead atoms. The number of nitrogens with zero attached hydrogens (tertiary/aromatic N) is 2. The van der Waals surface area contributed by atoms with E-state index in [1.165, 1.54) is 0 Å². The van der Waals surface area contributed by atoms with Gasteiger partial charge in [0.05, 0.1) is 6.42 Å². The van der Waals surface area contributed by atoms with Gasteiger partial charge >= 0.3 is 0 Å². The van der Waals surface area contributed by atoms with Crippen LogP contribution in [-0.4, -0.2) is 48.0 Å². The SMILES string of the molecule is O=C(Cc1ccc(Cl)cc1)NC(=S)Nc1ccc(N2CCN(C(=O)c3ccccc3)CC2)cc1. The summed E-state index contributed by atoms with van der Waals surface area (Å²) in [6, 6.07) is 24.4. The van der Waals surface area contributed by atoms with Crippen molar-refractivity contribution in [2.24, 2.45) is 0 Å². The number of thiocarbonyl (C=S) groups is 1. The van der Waals surface area contributed by atoms with Crippen LogP contribution in [0.25, 0.3) is 0 Å². The molecule has 3 aromatic rings. The quantitative estimate of drug-likeness (QED) is 0.518. The number of nitrogens with one attached hydrogen (secondary N) is 2. The van der Waals surface area contributed by atoms with E-state index in [1.54, 1.807) is 12.1 Å². The molecule has 0 saturated carbocycles. The van der Waals surface area contributed by atoms with Crippen molar-refractivity contribution in [1.29, 1.82) is 0 Å². The first-order valence-corrected chi connectivity index (χ1v) is 11.8. The Bertz CT molecular complexity index is 1150. The van der Waals surface area contributed by atoms with Crippen LogP contribution in [0, 0.1) is 0 Å². The van der Waals surface area contributed by atoms with Crippen LogP contribution in [0.15, 0.2) is 78.9 Å². The standard InChI is InChI=1S/C26H25ClN4O2S/c27-21-8-6-19(7-9-21)18-24(32)29-26(34)28-22-10-12-23(13-11-22)30-14-16-31(17-15-30)25(33)20-4-2-1-3-5-20/h1-13H,14-18H2,(H2,28,29,32,34). The average Bonchev–Trinajstić information content (AvgIpc) is 2.86. The summed E-state index contributed by atoms with van der Waals surface area (Å²) >= 11 is 11.1. The maximum absolute atomic E-state index is 12.6. The van der Waals surface area contributed by atoms with Crippen molar-refractivity contribution in [3.63, 3.8) is 0 Å². The molecule has 1 aliphatic heterocycles. The predicted octanol–water partition coefficient (Wildman–Crippen LogP) is 4.36. The van der Waals surface area contributed by atoms with Crippen LogP contribution in [0.3, 0.4) is 0 Å². The van der Waals surface area contributed by atoms with E-state index in [0.29, 0.717) is 18.1 Å². The van der Waals surface area contributed by atoms with Gasteiger partial charge in [0.25, 0.3) is 5.91 Å². The molecule has 1 saturated heterocycles.